The summed E-state index contributed by atoms with van der Waals surface area (Å²) in [5.74, 6) is -0.766. The maximum Gasteiger partial charge on any atom is 0.302 e. The number of amides is 2. The van der Waals surface area contributed by atoms with E-state index in [-0.39, 0.29) is 23.8 Å². The van der Waals surface area contributed by atoms with E-state index in [1.165, 1.54) is 18.9 Å². The average Bonchev–Trinajstić information content (AvgIpc) is 3.09. The Morgan fingerprint density at radius 3 is 2.86 bits per heavy atom. The zero-order chi connectivity index (χ0) is 15.9. The highest BCUT2D eigenvalue weighted by Crippen LogP contribution is 2.31. The fraction of sp³-hybridized carbons (Fsp3) is 0.312. The van der Waals surface area contributed by atoms with Crippen molar-refractivity contribution in [2.75, 3.05) is 7.05 Å². The van der Waals surface area contributed by atoms with Crippen molar-refractivity contribution in [1.82, 2.24) is 9.88 Å². The lowest BCUT2D eigenvalue weighted by atomic mass is 9.94. The highest BCUT2D eigenvalue weighted by molar-refractivity contribution is 6.04. The summed E-state index contributed by atoms with van der Waals surface area (Å²) in [7, 11) is 1.53. The predicted octanol–water partition coefficient (Wildman–Crippen LogP) is 2.03. The molecule has 6 nitrogen and oxygen atoms in total. The molecule has 0 saturated carbocycles. The summed E-state index contributed by atoms with van der Waals surface area (Å²) in [5, 5.41) is 1.06. The van der Waals surface area contributed by atoms with Gasteiger partial charge in [0.15, 0.2) is 6.10 Å². The van der Waals surface area contributed by atoms with Crippen molar-refractivity contribution in [2.45, 2.75) is 25.9 Å². The van der Waals surface area contributed by atoms with Crippen LogP contribution < -0.4 is 0 Å². The number of aromatic amines is 1. The number of ether oxygens (including phenoxy) is 1. The Morgan fingerprint density at radius 1 is 1.41 bits per heavy atom. The third-order valence-corrected chi connectivity index (χ3v) is 4.01. The molecule has 3 rings (SSSR count). The molecule has 22 heavy (non-hydrogen) atoms. The third kappa shape index (κ3) is 2.26. The summed E-state index contributed by atoms with van der Waals surface area (Å²) in [6.07, 6.45) is 1.18. The van der Waals surface area contributed by atoms with Gasteiger partial charge in [0.25, 0.3) is 5.91 Å². The molecule has 1 aromatic carbocycles. The van der Waals surface area contributed by atoms with Gasteiger partial charge in [-0.3, -0.25) is 14.5 Å². The predicted molar refractivity (Wildman–Crippen MR) is 82.5 cm³/mol. The third-order valence-electron chi connectivity index (χ3n) is 4.01. The second-order valence-corrected chi connectivity index (χ2v) is 5.43. The largest absolute Gasteiger partial charge is 0.450 e. The standard InChI is InChI=1S/C16H17N3O3/c1-9(12-8-17-13-7-5-4-6-11(12)13)14-15(21)18-16(22-14)19(3)10(2)20/h4-9,14,17H,1-3H3/t9-,14+/m1/s1. The van der Waals surface area contributed by atoms with Gasteiger partial charge in [0, 0.05) is 37.0 Å². The first kappa shape index (κ1) is 14.3. The second-order valence-electron chi connectivity index (χ2n) is 5.43. The molecular formula is C16H17N3O3. The molecule has 0 unspecified atom stereocenters. The van der Waals surface area contributed by atoms with Gasteiger partial charge < -0.3 is 9.72 Å². The Kier molecular flexibility index (Phi) is 3.44. The smallest absolute Gasteiger partial charge is 0.302 e. The molecule has 1 N–H and O–H groups in total. The van der Waals surface area contributed by atoms with E-state index in [1.54, 1.807) is 0 Å². The van der Waals surface area contributed by atoms with Crippen LogP contribution in [0.4, 0.5) is 0 Å². The lowest BCUT2D eigenvalue weighted by Crippen LogP contribution is -2.33. The number of carbonyl (C=O) groups is 2. The van der Waals surface area contributed by atoms with Crippen LogP contribution in [0.3, 0.4) is 0 Å². The zero-order valence-electron chi connectivity index (χ0n) is 12.7. The number of amidine groups is 1. The van der Waals surface area contributed by atoms with Crippen molar-refractivity contribution in [1.29, 1.82) is 0 Å². The van der Waals surface area contributed by atoms with E-state index in [2.05, 4.69) is 9.98 Å². The zero-order valence-corrected chi connectivity index (χ0v) is 12.7. The van der Waals surface area contributed by atoms with Gasteiger partial charge in [0.05, 0.1) is 0 Å². The monoisotopic (exact) mass is 299 g/mol. The molecule has 1 aromatic heterocycles. The van der Waals surface area contributed by atoms with Gasteiger partial charge in [-0.15, -0.1) is 0 Å². The van der Waals surface area contributed by atoms with Crippen LogP contribution in [-0.4, -0.2) is 40.9 Å². The van der Waals surface area contributed by atoms with Gasteiger partial charge in [0.2, 0.25) is 5.91 Å². The molecule has 0 aliphatic carbocycles. The highest BCUT2D eigenvalue weighted by atomic mass is 16.5. The van der Waals surface area contributed by atoms with Crippen molar-refractivity contribution < 1.29 is 14.3 Å². The molecule has 0 spiro atoms. The molecule has 0 radical (unpaired) electrons. The van der Waals surface area contributed by atoms with Gasteiger partial charge in [-0.1, -0.05) is 25.1 Å². The fourth-order valence-electron chi connectivity index (χ4n) is 2.59. The van der Waals surface area contributed by atoms with Gasteiger partial charge in [-0.05, 0) is 11.6 Å². The first-order chi connectivity index (χ1) is 10.5. The summed E-state index contributed by atoms with van der Waals surface area (Å²) in [4.78, 5) is 31.8. The van der Waals surface area contributed by atoms with Crippen LogP contribution in [0.5, 0.6) is 0 Å². The Bertz CT molecular complexity index is 778. The number of rotatable bonds is 2. The van der Waals surface area contributed by atoms with Crippen molar-refractivity contribution in [2.24, 2.45) is 4.99 Å². The summed E-state index contributed by atoms with van der Waals surface area (Å²) in [5.41, 5.74) is 2.01. The minimum absolute atomic E-state index is 0.0641. The number of aromatic nitrogens is 1. The van der Waals surface area contributed by atoms with E-state index in [0.717, 1.165) is 16.5 Å². The van der Waals surface area contributed by atoms with E-state index in [9.17, 15) is 9.59 Å². The van der Waals surface area contributed by atoms with Crippen LogP contribution in [0, 0.1) is 0 Å². The number of nitrogens with zero attached hydrogens (tertiary/aromatic N) is 2. The van der Waals surface area contributed by atoms with Crippen molar-refractivity contribution in [3.63, 3.8) is 0 Å². The highest BCUT2D eigenvalue weighted by Gasteiger charge is 2.37. The lowest BCUT2D eigenvalue weighted by molar-refractivity contribution is -0.126. The molecule has 2 atom stereocenters. The number of carbonyl (C=O) groups excluding carboxylic acids is 2. The summed E-state index contributed by atoms with van der Waals surface area (Å²) in [6, 6.07) is 7.95. The number of hydrogen-bond acceptors (Lipinski definition) is 3. The summed E-state index contributed by atoms with van der Waals surface area (Å²) in [6.45, 7) is 3.32. The van der Waals surface area contributed by atoms with E-state index in [4.69, 9.17) is 4.74 Å². The molecule has 114 valence electrons. The first-order valence-electron chi connectivity index (χ1n) is 7.08. The molecule has 0 saturated heterocycles. The minimum atomic E-state index is -0.712. The van der Waals surface area contributed by atoms with Crippen LogP contribution in [-0.2, 0) is 14.3 Å². The van der Waals surface area contributed by atoms with Crippen molar-refractivity contribution >= 4 is 28.7 Å². The summed E-state index contributed by atoms with van der Waals surface area (Å²) >= 11 is 0. The number of para-hydroxylation sites is 1. The Morgan fingerprint density at radius 2 is 2.14 bits per heavy atom. The lowest BCUT2D eigenvalue weighted by Gasteiger charge is -2.20. The van der Waals surface area contributed by atoms with Crippen molar-refractivity contribution in [3.05, 3.63) is 36.0 Å². The molecule has 0 fully saturated rings. The molecule has 2 amide bonds. The van der Waals surface area contributed by atoms with Crippen LogP contribution in [0.25, 0.3) is 10.9 Å². The van der Waals surface area contributed by atoms with Gasteiger partial charge in [-0.25, -0.2) is 0 Å². The quantitative estimate of drug-likeness (QED) is 0.922. The van der Waals surface area contributed by atoms with Crippen molar-refractivity contribution in [3.8, 4) is 0 Å². The van der Waals surface area contributed by atoms with E-state index < -0.39 is 6.10 Å². The topological polar surface area (TPSA) is 74.8 Å². The molecule has 1 aliphatic heterocycles. The van der Waals surface area contributed by atoms with Crippen LogP contribution >= 0.6 is 0 Å². The van der Waals surface area contributed by atoms with Crippen LogP contribution in [0.15, 0.2) is 35.5 Å². The van der Waals surface area contributed by atoms with Gasteiger partial charge >= 0.3 is 6.02 Å². The SMILES string of the molecule is CC(=O)N(C)C1=NC(=O)[C@H]([C@H](C)c2c[nH]c3ccccc23)O1. The maximum atomic E-state index is 12.1. The molecular weight excluding hydrogens is 282 g/mol. The first-order valence-corrected chi connectivity index (χ1v) is 7.08. The number of benzene rings is 1. The molecule has 1 aliphatic rings. The van der Waals surface area contributed by atoms with Gasteiger partial charge in [0.1, 0.15) is 0 Å². The number of hydrogen-bond donors (Lipinski definition) is 1. The molecule has 2 heterocycles. The molecule has 6 heteroatoms. The van der Waals surface area contributed by atoms with Gasteiger partial charge in [-0.2, -0.15) is 4.99 Å². The Balaban J connectivity index is 1.86. The number of nitrogens with one attached hydrogen (secondary N) is 1. The molecule has 2 aromatic rings. The van der Waals surface area contributed by atoms with Crippen LogP contribution in [0.1, 0.15) is 25.3 Å². The maximum absolute atomic E-state index is 12.1. The Labute approximate surface area is 127 Å². The minimum Gasteiger partial charge on any atom is -0.450 e. The van der Waals surface area contributed by atoms with E-state index in [1.807, 2.05) is 37.4 Å². The van der Waals surface area contributed by atoms with E-state index >= 15 is 0 Å². The summed E-state index contributed by atoms with van der Waals surface area (Å²) < 4.78 is 5.62. The number of aliphatic imine (C=N–C) groups is 1. The molecule has 0 bridgehead atoms. The fourth-order valence-corrected chi connectivity index (χ4v) is 2.59. The number of H-pyrrole nitrogens is 1. The Hall–Kier alpha value is -2.63. The normalized spacial score (nSPS) is 19.0. The van der Waals surface area contributed by atoms with E-state index in [0.29, 0.717) is 0 Å². The van der Waals surface area contributed by atoms with Crippen LogP contribution in [0.2, 0.25) is 0 Å². The second kappa shape index (κ2) is 5.29. The number of fused-ring (bicyclic) bond motifs is 1. The average molecular weight is 299 g/mol.